The lowest BCUT2D eigenvalue weighted by atomic mass is 9.96. The van der Waals surface area contributed by atoms with Crippen molar-refractivity contribution >= 4 is 22.5 Å². The standard InChI is InChI=1S/C22H26N4/c1-15(2)10-11-17-16(3)18(14-23)21-24-19-8-4-5-9-20(19)26(21)22(17)25-12-6-7-13-25/h4-5,8-9,15H,6-7,10-13H2,1-3H3/p+1. The monoisotopic (exact) mass is 347 g/mol. The minimum atomic E-state index is 0.648. The summed E-state index contributed by atoms with van der Waals surface area (Å²) in [4.78, 5) is 6.03. The highest BCUT2D eigenvalue weighted by atomic mass is 15.2. The van der Waals surface area contributed by atoms with Crippen LogP contribution in [0.3, 0.4) is 0 Å². The number of nitrogens with zero attached hydrogens (tertiary/aromatic N) is 3. The second kappa shape index (κ2) is 6.64. The molecule has 0 unspecified atom stereocenters. The fourth-order valence-corrected chi connectivity index (χ4v) is 4.23. The third-order valence-corrected chi connectivity index (χ3v) is 5.66. The molecule has 1 aliphatic heterocycles. The fourth-order valence-electron chi connectivity index (χ4n) is 4.23. The Hall–Kier alpha value is -2.54. The molecule has 0 spiro atoms. The minimum Gasteiger partial charge on any atom is -0.292 e. The van der Waals surface area contributed by atoms with Gasteiger partial charge in [-0.25, -0.2) is 0 Å². The second-order valence-corrected chi connectivity index (χ2v) is 7.87. The highest BCUT2D eigenvalue weighted by molar-refractivity contribution is 5.78. The van der Waals surface area contributed by atoms with E-state index in [4.69, 9.17) is 0 Å². The Bertz CT molecular complexity index is 1000. The number of fused-ring (bicyclic) bond motifs is 3. The van der Waals surface area contributed by atoms with Gasteiger partial charge in [0.25, 0.3) is 0 Å². The lowest BCUT2D eigenvalue weighted by Crippen LogP contribution is -2.36. The lowest BCUT2D eigenvalue weighted by Gasteiger charge is -2.20. The van der Waals surface area contributed by atoms with Crippen molar-refractivity contribution in [2.24, 2.45) is 5.92 Å². The number of rotatable bonds is 4. The molecule has 3 heterocycles. The van der Waals surface area contributed by atoms with Gasteiger partial charge in [-0.05, 0) is 56.2 Å². The van der Waals surface area contributed by atoms with Crippen molar-refractivity contribution in [1.29, 1.82) is 5.26 Å². The number of hydrogen-bond donors (Lipinski definition) is 1. The zero-order valence-electron chi connectivity index (χ0n) is 16.0. The van der Waals surface area contributed by atoms with Crippen molar-refractivity contribution in [2.45, 2.75) is 46.5 Å². The van der Waals surface area contributed by atoms with Crippen LogP contribution in [0.2, 0.25) is 0 Å². The predicted molar refractivity (Wildman–Crippen MR) is 106 cm³/mol. The molecule has 3 aromatic rings. The summed E-state index contributed by atoms with van der Waals surface area (Å²) in [5, 5.41) is 9.90. The molecule has 1 aliphatic rings. The van der Waals surface area contributed by atoms with E-state index in [2.05, 4.69) is 59.3 Å². The van der Waals surface area contributed by atoms with Crippen LogP contribution in [0.15, 0.2) is 24.3 Å². The van der Waals surface area contributed by atoms with Crippen molar-refractivity contribution in [3.05, 3.63) is 41.0 Å². The van der Waals surface area contributed by atoms with Crippen molar-refractivity contribution in [1.82, 2.24) is 4.98 Å². The minimum absolute atomic E-state index is 0.648. The quantitative estimate of drug-likeness (QED) is 0.716. The number of imidazole rings is 1. The van der Waals surface area contributed by atoms with Gasteiger partial charge >= 0.3 is 0 Å². The van der Waals surface area contributed by atoms with Crippen LogP contribution >= 0.6 is 0 Å². The molecule has 1 saturated heterocycles. The average molecular weight is 347 g/mol. The number of hydrogen-bond acceptors (Lipinski definition) is 2. The fraction of sp³-hybridized carbons (Fsp3) is 0.455. The smallest absolute Gasteiger partial charge is 0.250 e. The zero-order chi connectivity index (χ0) is 18.3. The molecule has 134 valence electrons. The van der Waals surface area contributed by atoms with Gasteiger partial charge in [-0.15, -0.1) is 0 Å². The maximum Gasteiger partial charge on any atom is 0.250 e. The molecule has 0 bridgehead atoms. The Kier molecular flexibility index (Phi) is 4.32. The van der Waals surface area contributed by atoms with E-state index in [1.807, 2.05) is 6.07 Å². The average Bonchev–Trinajstić information content (AvgIpc) is 3.27. The summed E-state index contributed by atoms with van der Waals surface area (Å²) in [5.74, 6) is 1.95. The van der Waals surface area contributed by atoms with Gasteiger partial charge in [0.1, 0.15) is 22.7 Å². The summed E-state index contributed by atoms with van der Waals surface area (Å²) < 4.78 is 2.31. The van der Waals surface area contributed by atoms with Gasteiger partial charge in [-0.3, -0.25) is 9.88 Å². The SMILES string of the molecule is Cc1c(CCC(C)C)c(N2CCCC2)[n+]2c([nH]c3ccccc32)c1C#N. The molecule has 0 aliphatic carbocycles. The molecule has 1 fully saturated rings. The van der Waals surface area contributed by atoms with Gasteiger partial charge in [0.2, 0.25) is 11.5 Å². The molecule has 1 N–H and O–H groups in total. The van der Waals surface area contributed by atoms with Crippen LogP contribution in [0.25, 0.3) is 16.7 Å². The highest BCUT2D eigenvalue weighted by Gasteiger charge is 2.30. The number of para-hydroxylation sites is 2. The van der Waals surface area contributed by atoms with E-state index < -0.39 is 0 Å². The highest BCUT2D eigenvalue weighted by Crippen LogP contribution is 2.31. The second-order valence-electron chi connectivity index (χ2n) is 7.87. The number of H-pyrrole nitrogens is 1. The summed E-state index contributed by atoms with van der Waals surface area (Å²) in [5.41, 5.74) is 6.45. The Morgan fingerprint density at radius 2 is 1.96 bits per heavy atom. The first-order valence-electron chi connectivity index (χ1n) is 9.74. The van der Waals surface area contributed by atoms with Gasteiger partial charge in [0.15, 0.2) is 0 Å². The van der Waals surface area contributed by atoms with Crippen LogP contribution in [-0.4, -0.2) is 18.1 Å². The third kappa shape index (κ3) is 2.63. The van der Waals surface area contributed by atoms with Gasteiger partial charge in [0, 0.05) is 5.56 Å². The van der Waals surface area contributed by atoms with Crippen LogP contribution in [0.5, 0.6) is 0 Å². The third-order valence-electron chi connectivity index (χ3n) is 5.66. The molecule has 0 atom stereocenters. The summed E-state index contributed by atoms with van der Waals surface area (Å²) >= 11 is 0. The van der Waals surface area contributed by atoms with Crippen LogP contribution in [0.1, 0.15) is 49.8 Å². The van der Waals surface area contributed by atoms with Crippen molar-refractivity contribution in [2.75, 3.05) is 18.0 Å². The number of nitriles is 1. The summed E-state index contributed by atoms with van der Waals surface area (Å²) in [7, 11) is 0. The number of anilines is 1. The first-order valence-corrected chi connectivity index (χ1v) is 9.74. The molecule has 4 heteroatoms. The van der Waals surface area contributed by atoms with E-state index in [0.29, 0.717) is 5.92 Å². The Morgan fingerprint density at radius 1 is 1.23 bits per heavy atom. The van der Waals surface area contributed by atoms with Crippen LogP contribution in [0.4, 0.5) is 5.82 Å². The van der Waals surface area contributed by atoms with Crippen LogP contribution in [0, 0.1) is 24.2 Å². The van der Waals surface area contributed by atoms with Gasteiger partial charge in [-0.2, -0.15) is 9.66 Å². The maximum atomic E-state index is 9.90. The van der Waals surface area contributed by atoms with Crippen LogP contribution in [-0.2, 0) is 6.42 Å². The van der Waals surface area contributed by atoms with E-state index in [9.17, 15) is 5.26 Å². The molecule has 0 saturated carbocycles. The Morgan fingerprint density at radius 3 is 2.65 bits per heavy atom. The zero-order valence-corrected chi connectivity index (χ0v) is 16.0. The lowest BCUT2D eigenvalue weighted by molar-refractivity contribution is -0.467. The van der Waals surface area contributed by atoms with E-state index in [0.717, 1.165) is 53.7 Å². The van der Waals surface area contributed by atoms with Crippen molar-refractivity contribution in [3.8, 4) is 6.07 Å². The van der Waals surface area contributed by atoms with Gasteiger partial charge in [-0.1, -0.05) is 26.0 Å². The Balaban J connectivity index is 2.09. The normalized spacial score (nSPS) is 14.7. The van der Waals surface area contributed by atoms with Crippen molar-refractivity contribution < 1.29 is 4.40 Å². The van der Waals surface area contributed by atoms with E-state index in [1.165, 1.54) is 24.2 Å². The molecule has 4 rings (SSSR count). The van der Waals surface area contributed by atoms with E-state index in [1.54, 1.807) is 0 Å². The molecule has 1 aromatic carbocycles. The van der Waals surface area contributed by atoms with Crippen molar-refractivity contribution in [3.63, 3.8) is 0 Å². The molecular weight excluding hydrogens is 320 g/mol. The van der Waals surface area contributed by atoms with E-state index in [-0.39, 0.29) is 0 Å². The largest absolute Gasteiger partial charge is 0.292 e. The molecular formula is C22H27N4+. The topological polar surface area (TPSA) is 46.9 Å². The first kappa shape index (κ1) is 16.9. The molecule has 2 aromatic heterocycles. The number of nitrogens with one attached hydrogen (secondary N) is 1. The Labute approximate surface area is 155 Å². The number of aromatic nitrogens is 2. The first-order chi connectivity index (χ1) is 12.6. The number of aromatic amines is 1. The number of pyridine rings is 1. The summed E-state index contributed by atoms with van der Waals surface area (Å²) in [6.07, 6.45) is 4.65. The number of benzene rings is 1. The molecule has 26 heavy (non-hydrogen) atoms. The summed E-state index contributed by atoms with van der Waals surface area (Å²) in [6, 6.07) is 10.9. The van der Waals surface area contributed by atoms with Gasteiger partial charge in [0.05, 0.1) is 13.1 Å². The maximum absolute atomic E-state index is 9.90. The van der Waals surface area contributed by atoms with E-state index >= 15 is 0 Å². The molecule has 0 radical (unpaired) electrons. The summed E-state index contributed by atoms with van der Waals surface area (Å²) in [6.45, 7) is 8.86. The molecule has 4 nitrogen and oxygen atoms in total. The van der Waals surface area contributed by atoms with Crippen LogP contribution < -0.4 is 9.30 Å². The predicted octanol–water partition coefficient (Wildman–Crippen LogP) is 4.28. The molecule has 0 amide bonds. The van der Waals surface area contributed by atoms with Gasteiger partial charge < -0.3 is 0 Å².